The lowest BCUT2D eigenvalue weighted by atomic mass is 10.1. The fraction of sp³-hybridized carbons (Fsp3) is 0.364. The van der Waals surface area contributed by atoms with Gasteiger partial charge in [0.2, 0.25) is 0 Å². The number of ether oxygens (including phenoxy) is 2. The fourth-order valence-corrected chi connectivity index (χ4v) is 2.80. The molecule has 0 aromatic heterocycles. The summed E-state index contributed by atoms with van der Waals surface area (Å²) in [6.45, 7) is 2.56. The summed E-state index contributed by atoms with van der Waals surface area (Å²) >= 11 is 0. The molecule has 0 saturated heterocycles. The largest absolute Gasteiger partial charge is 0.497 e. The molecule has 0 radical (unpaired) electrons. The summed E-state index contributed by atoms with van der Waals surface area (Å²) in [6.07, 6.45) is 0. The van der Waals surface area contributed by atoms with Crippen molar-refractivity contribution in [3.63, 3.8) is 0 Å². The highest BCUT2D eigenvalue weighted by Gasteiger charge is 2.12. The van der Waals surface area contributed by atoms with Crippen LogP contribution in [0.5, 0.6) is 11.5 Å². The third kappa shape index (κ3) is 8.85. The molecule has 32 heavy (non-hydrogen) atoms. The maximum Gasteiger partial charge on any atom is 0.387 e. The monoisotopic (exact) mass is 562 g/mol. The number of guanidine groups is 1. The maximum atomic E-state index is 12.7. The van der Waals surface area contributed by atoms with Gasteiger partial charge >= 0.3 is 6.61 Å². The highest BCUT2D eigenvalue weighted by molar-refractivity contribution is 14.0. The lowest BCUT2D eigenvalue weighted by molar-refractivity contribution is -0.0505. The molecule has 176 valence electrons. The zero-order valence-corrected chi connectivity index (χ0v) is 20.6. The molecule has 0 unspecified atom stereocenters. The Bertz CT molecular complexity index is 897. The Hall–Kier alpha value is -2.63. The summed E-state index contributed by atoms with van der Waals surface area (Å²) in [5, 5.41) is 8.98. The van der Waals surface area contributed by atoms with Crippen LogP contribution in [0.15, 0.2) is 47.5 Å². The summed E-state index contributed by atoms with van der Waals surface area (Å²) in [6, 6.07) is 11.8. The lowest BCUT2D eigenvalue weighted by Gasteiger charge is -2.15. The molecule has 0 bridgehead atoms. The van der Waals surface area contributed by atoms with Crippen LogP contribution in [0.25, 0.3) is 0 Å². The van der Waals surface area contributed by atoms with Gasteiger partial charge in [0.05, 0.1) is 13.7 Å². The van der Waals surface area contributed by atoms with E-state index >= 15 is 0 Å². The second-order valence-corrected chi connectivity index (χ2v) is 6.46. The standard InChI is InChI=1S/C22H28F2N4O3.HI/c1-4-25-20(29)16-8-6-7-15(11-16)13-27-22(26-5-2)28-14-17-12-18(30-3)9-10-19(17)31-21(23)24;/h6-12,21H,4-5,13-14H2,1-3H3,(H,25,29)(H2,26,27,28);1H. The van der Waals surface area contributed by atoms with Crippen LogP contribution >= 0.6 is 24.0 Å². The Morgan fingerprint density at radius 2 is 1.81 bits per heavy atom. The summed E-state index contributed by atoms with van der Waals surface area (Å²) < 4.78 is 35.2. The van der Waals surface area contributed by atoms with Crippen LogP contribution in [0.1, 0.15) is 35.3 Å². The van der Waals surface area contributed by atoms with E-state index < -0.39 is 6.61 Å². The fourth-order valence-electron chi connectivity index (χ4n) is 2.80. The van der Waals surface area contributed by atoms with Crippen LogP contribution in [-0.4, -0.2) is 38.7 Å². The summed E-state index contributed by atoms with van der Waals surface area (Å²) in [5.74, 6) is 0.955. The van der Waals surface area contributed by atoms with Gasteiger partial charge < -0.3 is 25.4 Å². The van der Waals surface area contributed by atoms with Gasteiger partial charge in [-0.3, -0.25) is 4.79 Å². The normalized spacial score (nSPS) is 10.9. The molecule has 0 fully saturated rings. The topological polar surface area (TPSA) is 84.0 Å². The van der Waals surface area contributed by atoms with Crippen LogP contribution in [0, 0.1) is 0 Å². The number of alkyl halides is 2. The third-order valence-electron chi connectivity index (χ3n) is 4.22. The Kier molecular flexibility index (Phi) is 12.4. The average Bonchev–Trinajstić information content (AvgIpc) is 2.76. The molecule has 1 amide bonds. The minimum Gasteiger partial charge on any atom is -0.497 e. The van der Waals surface area contributed by atoms with Crippen molar-refractivity contribution in [1.29, 1.82) is 0 Å². The van der Waals surface area contributed by atoms with E-state index in [4.69, 9.17) is 4.74 Å². The van der Waals surface area contributed by atoms with E-state index in [1.165, 1.54) is 13.2 Å². The third-order valence-corrected chi connectivity index (χ3v) is 4.22. The number of carbonyl (C=O) groups is 1. The molecule has 0 aliphatic rings. The predicted molar refractivity (Wildman–Crippen MR) is 131 cm³/mol. The highest BCUT2D eigenvalue weighted by atomic mass is 127. The number of rotatable bonds is 10. The molecule has 0 heterocycles. The van der Waals surface area contributed by atoms with Crippen molar-refractivity contribution in [1.82, 2.24) is 16.0 Å². The molecule has 0 aliphatic carbocycles. The molecule has 2 rings (SSSR count). The van der Waals surface area contributed by atoms with E-state index in [-0.39, 0.29) is 42.2 Å². The second-order valence-electron chi connectivity index (χ2n) is 6.46. The van der Waals surface area contributed by atoms with Crippen molar-refractivity contribution in [3.8, 4) is 11.5 Å². The van der Waals surface area contributed by atoms with Crippen LogP contribution < -0.4 is 25.4 Å². The molecule has 0 spiro atoms. The number of methoxy groups -OCH3 is 1. The van der Waals surface area contributed by atoms with Crippen LogP contribution in [0.4, 0.5) is 8.78 Å². The number of aliphatic imine (C=N–C) groups is 1. The number of nitrogens with one attached hydrogen (secondary N) is 3. The minimum absolute atomic E-state index is 0. The lowest BCUT2D eigenvalue weighted by Crippen LogP contribution is -2.36. The number of carbonyl (C=O) groups excluding carboxylic acids is 1. The van der Waals surface area contributed by atoms with E-state index in [1.807, 2.05) is 19.9 Å². The van der Waals surface area contributed by atoms with Gasteiger partial charge in [0, 0.05) is 30.8 Å². The summed E-state index contributed by atoms with van der Waals surface area (Å²) in [5.41, 5.74) is 1.94. The van der Waals surface area contributed by atoms with Gasteiger partial charge in [0.25, 0.3) is 5.91 Å². The second kappa shape index (κ2) is 14.4. The molecule has 0 atom stereocenters. The van der Waals surface area contributed by atoms with Crippen LogP contribution in [0.3, 0.4) is 0 Å². The van der Waals surface area contributed by atoms with E-state index in [0.29, 0.717) is 42.5 Å². The van der Waals surface area contributed by atoms with Gasteiger partial charge in [-0.05, 0) is 49.7 Å². The zero-order chi connectivity index (χ0) is 22.6. The number of hydrogen-bond donors (Lipinski definition) is 3. The first-order valence-corrected chi connectivity index (χ1v) is 9.97. The Labute approximate surface area is 204 Å². The Balaban J connectivity index is 0.00000512. The van der Waals surface area contributed by atoms with Gasteiger partial charge in [-0.1, -0.05) is 12.1 Å². The first kappa shape index (κ1) is 27.4. The van der Waals surface area contributed by atoms with Crippen LogP contribution in [-0.2, 0) is 13.1 Å². The average molecular weight is 562 g/mol. The van der Waals surface area contributed by atoms with Crippen molar-refractivity contribution >= 4 is 35.8 Å². The van der Waals surface area contributed by atoms with Crippen LogP contribution in [0.2, 0.25) is 0 Å². The van der Waals surface area contributed by atoms with Crippen molar-refractivity contribution in [3.05, 3.63) is 59.2 Å². The molecular weight excluding hydrogens is 533 g/mol. The SMILES string of the molecule is CCNC(=O)c1cccc(CN=C(NCC)NCc2cc(OC)ccc2OC(F)F)c1.I. The first-order valence-electron chi connectivity index (χ1n) is 9.97. The van der Waals surface area contributed by atoms with Crippen molar-refractivity contribution in [2.45, 2.75) is 33.5 Å². The molecule has 10 heteroatoms. The van der Waals surface area contributed by atoms with Gasteiger partial charge in [0.1, 0.15) is 11.5 Å². The molecular formula is C22H29F2IN4O3. The van der Waals surface area contributed by atoms with Gasteiger partial charge in [-0.25, -0.2) is 4.99 Å². The van der Waals surface area contributed by atoms with Crippen molar-refractivity contribution in [2.75, 3.05) is 20.2 Å². The van der Waals surface area contributed by atoms with Crippen molar-refractivity contribution in [2.24, 2.45) is 4.99 Å². The smallest absolute Gasteiger partial charge is 0.387 e. The van der Waals surface area contributed by atoms with Gasteiger partial charge in [0.15, 0.2) is 5.96 Å². The molecule has 7 nitrogen and oxygen atoms in total. The van der Waals surface area contributed by atoms with Crippen molar-refractivity contribution < 1.29 is 23.0 Å². The number of amides is 1. The van der Waals surface area contributed by atoms with E-state index in [0.717, 1.165) is 5.56 Å². The summed E-state index contributed by atoms with van der Waals surface area (Å²) in [4.78, 5) is 16.5. The number of nitrogens with zero attached hydrogens (tertiary/aromatic N) is 1. The Morgan fingerprint density at radius 3 is 2.47 bits per heavy atom. The highest BCUT2D eigenvalue weighted by Crippen LogP contribution is 2.25. The molecule has 0 saturated carbocycles. The van der Waals surface area contributed by atoms with Gasteiger partial charge in [-0.2, -0.15) is 8.78 Å². The molecule has 0 aliphatic heterocycles. The predicted octanol–water partition coefficient (Wildman–Crippen LogP) is 3.92. The van der Waals surface area contributed by atoms with Gasteiger partial charge in [-0.15, -0.1) is 24.0 Å². The first-order chi connectivity index (χ1) is 15.0. The molecule has 2 aromatic carbocycles. The number of hydrogen-bond acceptors (Lipinski definition) is 4. The maximum absolute atomic E-state index is 12.7. The molecule has 3 N–H and O–H groups in total. The Morgan fingerprint density at radius 1 is 1.06 bits per heavy atom. The van der Waals surface area contributed by atoms with E-state index in [1.54, 1.807) is 30.3 Å². The zero-order valence-electron chi connectivity index (χ0n) is 18.3. The number of halogens is 3. The van der Waals surface area contributed by atoms with E-state index in [2.05, 4.69) is 25.7 Å². The minimum atomic E-state index is -2.92. The molecule has 2 aromatic rings. The van der Waals surface area contributed by atoms with E-state index in [9.17, 15) is 13.6 Å². The summed E-state index contributed by atoms with van der Waals surface area (Å²) in [7, 11) is 1.50. The quantitative estimate of drug-likeness (QED) is 0.232. The number of benzene rings is 2.